The minimum atomic E-state index is -3.68. The number of nitrogens with one attached hydrogen (secondary N) is 2. The first-order chi connectivity index (χ1) is 9.86. The van der Waals surface area contributed by atoms with Gasteiger partial charge in [0.05, 0.1) is 10.5 Å². The van der Waals surface area contributed by atoms with E-state index >= 15 is 0 Å². The third-order valence-electron chi connectivity index (χ3n) is 3.78. The van der Waals surface area contributed by atoms with Crippen molar-refractivity contribution in [3.05, 3.63) is 29.8 Å². The van der Waals surface area contributed by atoms with Crippen LogP contribution in [0.1, 0.15) is 36.0 Å². The van der Waals surface area contributed by atoms with Crippen LogP contribution in [0.2, 0.25) is 0 Å². The van der Waals surface area contributed by atoms with E-state index in [1.165, 1.54) is 31.3 Å². The van der Waals surface area contributed by atoms with E-state index in [4.69, 9.17) is 0 Å². The molecule has 0 spiro atoms. The molecule has 3 N–H and O–H groups in total. The Morgan fingerprint density at radius 1 is 1.24 bits per heavy atom. The van der Waals surface area contributed by atoms with Crippen molar-refractivity contribution in [2.75, 3.05) is 13.6 Å². The first kappa shape index (κ1) is 15.9. The van der Waals surface area contributed by atoms with E-state index in [1.807, 2.05) is 0 Å². The molecule has 0 aromatic heterocycles. The van der Waals surface area contributed by atoms with Crippen molar-refractivity contribution in [3.8, 4) is 0 Å². The molecule has 1 amide bonds. The first-order valence-corrected chi connectivity index (χ1v) is 8.39. The zero-order chi connectivity index (χ0) is 15.5. The molecule has 0 saturated heterocycles. The molecule has 1 fully saturated rings. The van der Waals surface area contributed by atoms with Crippen LogP contribution in [0.5, 0.6) is 0 Å². The quantitative estimate of drug-likeness (QED) is 0.743. The van der Waals surface area contributed by atoms with Gasteiger partial charge >= 0.3 is 0 Å². The van der Waals surface area contributed by atoms with Gasteiger partial charge in [0.1, 0.15) is 0 Å². The van der Waals surface area contributed by atoms with Gasteiger partial charge in [-0.15, -0.1) is 0 Å². The van der Waals surface area contributed by atoms with Gasteiger partial charge in [0.2, 0.25) is 10.0 Å². The Kier molecular flexibility index (Phi) is 4.65. The molecule has 0 atom stereocenters. The Morgan fingerprint density at radius 2 is 1.81 bits per heavy atom. The molecule has 1 saturated carbocycles. The SMILES string of the molecule is CNC(=O)c1ccc(S(=O)(=O)NCC2(O)CCCC2)cc1. The van der Waals surface area contributed by atoms with E-state index in [0.29, 0.717) is 18.4 Å². The van der Waals surface area contributed by atoms with Crippen molar-refractivity contribution >= 4 is 15.9 Å². The molecule has 6 nitrogen and oxygen atoms in total. The van der Waals surface area contributed by atoms with E-state index in [2.05, 4.69) is 10.0 Å². The molecule has 1 aliphatic rings. The van der Waals surface area contributed by atoms with Crippen LogP contribution in [0.25, 0.3) is 0 Å². The monoisotopic (exact) mass is 312 g/mol. The lowest BCUT2D eigenvalue weighted by Crippen LogP contribution is -2.40. The highest BCUT2D eigenvalue weighted by Gasteiger charge is 2.32. The zero-order valence-corrected chi connectivity index (χ0v) is 12.7. The number of carbonyl (C=O) groups is 1. The van der Waals surface area contributed by atoms with E-state index in [-0.39, 0.29) is 17.3 Å². The zero-order valence-electron chi connectivity index (χ0n) is 11.9. The Hall–Kier alpha value is -1.44. The Labute approximate surface area is 124 Å². The molecule has 1 aliphatic carbocycles. The third kappa shape index (κ3) is 3.81. The molecule has 7 heteroatoms. The molecule has 0 unspecified atom stereocenters. The predicted octanol–water partition coefficient (Wildman–Crippen LogP) is 0.630. The van der Waals surface area contributed by atoms with Crippen molar-refractivity contribution in [1.82, 2.24) is 10.0 Å². The van der Waals surface area contributed by atoms with Gasteiger partial charge in [-0.05, 0) is 37.1 Å². The molecule has 0 heterocycles. The molecule has 1 aromatic rings. The van der Waals surface area contributed by atoms with Gasteiger partial charge in [0.15, 0.2) is 0 Å². The second kappa shape index (κ2) is 6.13. The molecule has 116 valence electrons. The number of sulfonamides is 1. The summed E-state index contributed by atoms with van der Waals surface area (Å²) in [5.41, 5.74) is -0.541. The summed E-state index contributed by atoms with van der Waals surface area (Å²) in [6.45, 7) is 0.0204. The maximum atomic E-state index is 12.2. The summed E-state index contributed by atoms with van der Waals surface area (Å²) >= 11 is 0. The lowest BCUT2D eigenvalue weighted by atomic mass is 10.0. The fourth-order valence-corrected chi connectivity index (χ4v) is 3.57. The summed E-state index contributed by atoms with van der Waals surface area (Å²) in [6, 6.07) is 5.67. The second-order valence-corrected chi connectivity index (χ2v) is 7.13. The molecule has 1 aromatic carbocycles. The van der Waals surface area contributed by atoms with Gasteiger partial charge in [-0.3, -0.25) is 4.79 Å². The molecular weight excluding hydrogens is 292 g/mol. The van der Waals surface area contributed by atoms with Crippen molar-refractivity contribution in [1.29, 1.82) is 0 Å². The van der Waals surface area contributed by atoms with Crippen molar-refractivity contribution in [2.24, 2.45) is 0 Å². The molecule has 0 aliphatic heterocycles. The number of carbonyl (C=O) groups excluding carboxylic acids is 1. The summed E-state index contributed by atoms with van der Waals surface area (Å²) in [6.07, 6.45) is 3.06. The minimum absolute atomic E-state index is 0.0204. The summed E-state index contributed by atoms with van der Waals surface area (Å²) in [5, 5.41) is 12.6. The molecule has 0 bridgehead atoms. The highest BCUT2D eigenvalue weighted by molar-refractivity contribution is 7.89. The predicted molar refractivity (Wildman–Crippen MR) is 78.4 cm³/mol. The van der Waals surface area contributed by atoms with Crippen LogP contribution in [-0.4, -0.2) is 38.6 Å². The lowest BCUT2D eigenvalue weighted by Gasteiger charge is -2.22. The smallest absolute Gasteiger partial charge is 0.251 e. The molecule has 21 heavy (non-hydrogen) atoms. The first-order valence-electron chi connectivity index (χ1n) is 6.90. The fraction of sp³-hybridized carbons (Fsp3) is 0.500. The van der Waals surface area contributed by atoms with E-state index < -0.39 is 15.6 Å². The Balaban J connectivity index is 2.07. The van der Waals surface area contributed by atoms with E-state index in [1.54, 1.807) is 0 Å². The van der Waals surface area contributed by atoms with E-state index in [0.717, 1.165) is 12.8 Å². The van der Waals surface area contributed by atoms with Crippen LogP contribution in [0.3, 0.4) is 0 Å². The lowest BCUT2D eigenvalue weighted by molar-refractivity contribution is 0.0531. The van der Waals surface area contributed by atoms with Crippen LogP contribution in [0, 0.1) is 0 Å². The third-order valence-corrected chi connectivity index (χ3v) is 5.20. The van der Waals surface area contributed by atoms with Gasteiger partial charge in [-0.25, -0.2) is 13.1 Å². The Morgan fingerprint density at radius 3 is 2.33 bits per heavy atom. The van der Waals surface area contributed by atoms with Crippen molar-refractivity contribution in [2.45, 2.75) is 36.2 Å². The van der Waals surface area contributed by atoms with Gasteiger partial charge in [-0.1, -0.05) is 12.8 Å². The minimum Gasteiger partial charge on any atom is -0.389 e. The molecule has 0 radical (unpaired) electrons. The standard InChI is InChI=1S/C14H20N2O4S/c1-15-13(17)11-4-6-12(7-5-11)21(19,20)16-10-14(18)8-2-3-9-14/h4-7,16,18H,2-3,8-10H2,1H3,(H,15,17). The summed E-state index contributed by atoms with van der Waals surface area (Å²) in [7, 11) is -2.17. The number of hydrogen-bond acceptors (Lipinski definition) is 4. The maximum Gasteiger partial charge on any atom is 0.251 e. The van der Waals surface area contributed by atoms with Crippen LogP contribution < -0.4 is 10.0 Å². The highest BCUT2D eigenvalue weighted by Crippen LogP contribution is 2.29. The van der Waals surface area contributed by atoms with Crippen LogP contribution >= 0.6 is 0 Å². The van der Waals surface area contributed by atoms with E-state index in [9.17, 15) is 18.3 Å². The second-order valence-electron chi connectivity index (χ2n) is 5.36. The van der Waals surface area contributed by atoms with Crippen LogP contribution in [-0.2, 0) is 10.0 Å². The fourth-order valence-electron chi connectivity index (χ4n) is 2.45. The molecular formula is C14H20N2O4S. The number of aliphatic hydroxyl groups is 1. The van der Waals surface area contributed by atoms with Gasteiger partial charge in [0, 0.05) is 19.2 Å². The van der Waals surface area contributed by atoms with Crippen LogP contribution in [0.15, 0.2) is 29.2 Å². The normalized spacial score (nSPS) is 17.6. The number of amides is 1. The number of hydrogen-bond donors (Lipinski definition) is 3. The van der Waals surface area contributed by atoms with Crippen LogP contribution in [0.4, 0.5) is 0 Å². The topological polar surface area (TPSA) is 95.5 Å². The average molecular weight is 312 g/mol. The number of rotatable bonds is 5. The van der Waals surface area contributed by atoms with Crippen molar-refractivity contribution < 1.29 is 18.3 Å². The highest BCUT2D eigenvalue weighted by atomic mass is 32.2. The van der Waals surface area contributed by atoms with Crippen molar-refractivity contribution in [3.63, 3.8) is 0 Å². The number of benzene rings is 1. The summed E-state index contributed by atoms with van der Waals surface area (Å²) < 4.78 is 26.8. The Bertz CT molecular complexity index is 604. The average Bonchev–Trinajstić information content (AvgIpc) is 2.92. The largest absolute Gasteiger partial charge is 0.389 e. The summed E-state index contributed by atoms with van der Waals surface area (Å²) in [5.74, 6) is -0.271. The molecule has 2 rings (SSSR count). The summed E-state index contributed by atoms with van der Waals surface area (Å²) in [4.78, 5) is 11.5. The van der Waals surface area contributed by atoms with Gasteiger partial charge in [0.25, 0.3) is 5.91 Å². The van der Waals surface area contributed by atoms with Gasteiger partial charge in [-0.2, -0.15) is 0 Å². The van der Waals surface area contributed by atoms with Gasteiger partial charge < -0.3 is 10.4 Å². The maximum absolute atomic E-state index is 12.2.